The van der Waals surface area contributed by atoms with Crippen molar-refractivity contribution < 1.29 is 9.53 Å². The Bertz CT molecular complexity index is 779. The van der Waals surface area contributed by atoms with Crippen molar-refractivity contribution in [3.05, 3.63) is 66.2 Å². The molecule has 7 nitrogen and oxygen atoms in total. The van der Waals surface area contributed by atoms with Gasteiger partial charge in [0.15, 0.2) is 6.73 Å². The summed E-state index contributed by atoms with van der Waals surface area (Å²) in [4.78, 5) is 12.1. The van der Waals surface area contributed by atoms with E-state index in [0.29, 0.717) is 12.2 Å². The molecule has 0 saturated heterocycles. The standard InChI is InChI=1S/C16H17N5O2/c1-20-11-13(10-18-20)9-17-16(22)15-7-8-21(19-15)12-23-14-5-3-2-4-6-14/h2-8,10-11H,9,12H2,1H3,(H,17,22). The van der Waals surface area contributed by atoms with Crippen molar-refractivity contribution in [2.75, 3.05) is 0 Å². The second-order valence-corrected chi connectivity index (χ2v) is 5.03. The summed E-state index contributed by atoms with van der Waals surface area (Å²) in [5, 5.41) is 11.1. The van der Waals surface area contributed by atoms with Gasteiger partial charge in [-0.15, -0.1) is 0 Å². The largest absolute Gasteiger partial charge is 0.471 e. The third-order valence-electron chi connectivity index (χ3n) is 3.19. The Labute approximate surface area is 133 Å². The molecule has 3 aromatic rings. The molecule has 0 aliphatic heterocycles. The molecule has 23 heavy (non-hydrogen) atoms. The molecule has 0 unspecified atom stereocenters. The molecule has 0 spiro atoms. The van der Waals surface area contributed by atoms with Gasteiger partial charge in [-0.05, 0) is 18.2 Å². The number of carbonyl (C=O) groups is 1. The number of hydrogen-bond donors (Lipinski definition) is 1. The third kappa shape index (κ3) is 3.97. The number of ether oxygens (including phenoxy) is 1. The lowest BCUT2D eigenvalue weighted by molar-refractivity contribution is 0.0944. The minimum absolute atomic E-state index is 0.229. The Kier molecular flexibility index (Phi) is 4.37. The predicted octanol–water partition coefficient (Wildman–Crippen LogP) is 1.58. The molecule has 2 heterocycles. The number of hydrogen-bond acceptors (Lipinski definition) is 4. The van der Waals surface area contributed by atoms with E-state index in [2.05, 4.69) is 15.5 Å². The molecule has 1 N–H and O–H groups in total. The van der Waals surface area contributed by atoms with Crippen molar-refractivity contribution in [1.29, 1.82) is 0 Å². The molecule has 1 aromatic carbocycles. The molecule has 7 heteroatoms. The summed E-state index contributed by atoms with van der Waals surface area (Å²) in [5.41, 5.74) is 1.29. The SMILES string of the molecule is Cn1cc(CNC(=O)c2ccn(COc3ccccc3)n2)cn1. The van der Waals surface area contributed by atoms with E-state index in [4.69, 9.17) is 4.74 Å². The average Bonchev–Trinajstić information content (AvgIpc) is 3.21. The highest BCUT2D eigenvalue weighted by Gasteiger charge is 2.09. The van der Waals surface area contributed by atoms with Crippen LogP contribution in [0.5, 0.6) is 5.75 Å². The molecule has 0 atom stereocenters. The van der Waals surface area contributed by atoms with Crippen LogP contribution in [0.4, 0.5) is 0 Å². The highest BCUT2D eigenvalue weighted by Crippen LogP contribution is 2.09. The van der Waals surface area contributed by atoms with E-state index >= 15 is 0 Å². The molecule has 0 aliphatic carbocycles. The first-order valence-corrected chi connectivity index (χ1v) is 7.18. The number of nitrogens with one attached hydrogen (secondary N) is 1. The van der Waals surface area contributed by atoms with Gasteiger partial charge in [-0.25, -0.2) is 4.68 Å². The van der Waals surface area contributed by atoms with E-state index in [1.54, 1.807) is 27.8 Å². The smallest absolute Gasteiger partial charge is 0.272 e. The van der Waals surface area contributed by atoms with E-state index in [1.807, 2.05) is 43.6 Å². The van der Waals surface area contributed by atoms with Gasteiger partial charge in [0.25, 0.3) is 5.91 Å². The van der Waals surface area contributed by atoms with Crippen LogP contribution in [0.1, 0.15) is 16.1 Å². The van der Waals surface area contributed by atoms with Crippen molar-refractivity contribution in [3.8, 4) is 5.75 Å². The fraction of sp³-hybridized carbons (Fsp3) is 0.188. The zero-order chi connectivity index (χ0) is 16.1. The first-order chi connectivity index (χ1) is 11.2. The summed E-state index contributed by atoms with van der Waals surface area (Å²) < 4.78 is 8.84. The van der Waals surface area contributed by atoms with Crippen molar-refractivity contribution in [3.63, 3.8) is 0 Å². The second kappa shape index (κ2) is 6.78. The van der Waals surface area contributed by atoms with E-state index in [-0.39, 0.29) is 12.6 Å². The Hall–Kier alpha value is -3.09. The minimum atomic E-state index is -0.229. The molecule has 0 fully saturated rings. The minimum Gasteiger partial charge on any atom is -0.471 e. The Morgan fingerprint density at radius 3 is 2.83 bits per heavy atom. The number of nitrogens with zero attached hydrogens (tertiary/aromatic N) is 4. The van der Waals surface area contributed by atoms with Crippen LogP contribution in [0.15, 0.2) is 55.0 Å². The maximum atomic E-state index is 12.1. The maximum Gasteiger partial charge on any atom is 0.272 e. The molecule has 0 bridgehead atoms. The lowest BCUT2D eigenvalue weighted by Crippen LogP contribution is -2.23. The Morgan fingerprint density at radius 2 is 2.09 bits per heavy atom. The zero-order valence-electron chi connectivity index (χ0n) is 12.7. The van der Waals surface area contributed by atoms with Gasteiger partial charge in [0.2, 0.25) is 0 Å². The summed E-state index contributed by atoms with van der Waals surface area (Å²) >= 11 is 0. The quantitative estimate of drug-likeness (QED) is 0.750. The molecule has 0 saturated carbocycles. The van der Waals surface area contributed by atoms with Gasteiger partial charge in [-0.3, -0.25) is 9.48 Å². The van der Waals surface area contributed by atoms with Gasteiger partial charge in [-0.2, -0.15) is 10.2 Å². The Morgan fingerprint density at radius 1 is 1.26 bits per heavy atom. The van der Waals surface area contributed by atoms with E-state index in [1.165, 1.54) is 0 Å². The molecule has 0 radical (unpaired) electrons. The number of rotatable bonds is 6. The van der Waals surface area contributed by atoms with Crippen molar-refractivity contribution in [2.24, 2.45) is 7.05 Å². The lowest BCUT2D eigenvalue weighted by atomic mass is 10.3. The van der Waals surface area contributed by atoms with Crippen molar-refractivity contribution in [1.82, 2.24) is 24.9 Å². The van der Waals surface area contributed by atoms with Crippen LogP contribution in [0.2, 0.25) is 0 Å². The summed E-state index contributed by atoms with van der Waals surface area (Å²) in [7, 11) is 1.83. The molecular formula is C16H17N5O2. The monoisotopic (exact) mass is 311 g/mol. The summed E-state index contributed by atoms with van der Waals surface area (Å²) in [6.07, 6.45) is 5.28. The van der Waals surface area contributed by atoms with Gasteiger partial charge < -0.3 is 10.1 Å². The van der Waals surface area contributed by atoms with Gasteiger partial charge >= 0.3 is 0 Å². The van der Waals surface area contributed by atoms with E-state index in [9.17, 15) is 4.79 Å². The van der Waals surface area contributed by atoms with Gasteiger partial charge in [0.1, 0.15) is 11.4 Å². The number of amides is 1. The van der Waals surface area contributed by atoms with Crippen LogP contribution in [0.25, 0.3) is 0 Å². The molecule has 0 aliphatic rings. The molecule has 3 rings (SSSR count). The second-order valence-electron chi connectivity index (χ2n) is 5.03. The topological polar surface area (TPSA) is 74.0 Å². The first-order valence-electron chi connectivity index (χ1n) is 7.18. The first kappa shape index (κ1) is 14.8. The molecule has 118 valence electrons. The fourth-order valence-electron chi connectivity index (χ4n) is 2.05. The van der Waals surface area contributed by atoms with Gasteiger partial charge in [0.05, 0.1) is 6.20 Å². The van der Waals surface area contributed by atoms with Crippen molar-refractivity contribution >= 4 is 5.91 Å². The molecule has 1 amide bonds. The molecular weight excluding hydrogens is 294 g/mol. The number of para-hydroxylation sites is 1. The predicted molar refractivity (Wildman–Crippen MR) is 83.7 cm³/mol. The fourth-order valence-corrected chi connectivity index (χ4v) is 2.05. The van der Waals surface area contributed by atoms with Crippen LogP contribution in [-0.2, 0) is 20.3 Å². The van der Waals surface area contributed by atoms with Crippen LogP contribution in [-0.4, -0.2) is 25.5 Å². The number of aryl methyl sites for hydroxylation is 1. The molecule has 2 aromatic heterocycles. The van der Waals surface area contributed by atoms with Gasteiger partial charge in [-0.1, -0.05) is 18.2 Å². The van der Waals surface area contributed by atoms with Crippen LogP contribution in [0, 0.1) is 0 Å². The maximum absolute atomic E-state index is 12.1. The summed E-state index contributed by atoms with van der Waals surface area (Å²) in [6.45, 7) is 0.667. The summed E-state index contributed by atoms with van der Waals surface area (Å²) in [6, 6.07) is 11.1. The number of benzene rings is 1. The van der Waals surface area contributed by atoms with E-state index < -0.39 is 0 Å². The van der Waals surface area contributed by atoms with Gasteiger partial charge in [0, 0.05) is 31.5 Å². The highest BCUT2D eigenvalue weighted by atomic mass is 16.5. The zero-order valence-corrected chi connectivity index (χ0v) is 12.7. The van der Waals surface area contributed by atoms with Crippen molar-refractivity contribution in [2.45, 2.75) is 13.3 Å². The number of carbonyl (C=O) groups excluding carboxylic acids is 1. The highest BCUT2D eigenvalue weighted by molar-refractivity contribution is 5.92. The van der Waals surface area contributed by atoms with Crippen LogP contribution < -0.4 is 10.1 Å². The lowest BCUT2D eigenvalue weighted by Gasteiger charge is -2.05. The normalized spacial score (nSPS) is 10.5. The van der Waals surface area contributed by atoms with Crippen LogP contribution in [0.3, 0.4) is 0 Å². The van der Waals surface area contributed by atoms with Crippen LogP contribution >= 0.6 is 0 Å². The number of aromatic nitrogens is 4. The Balaban J connectivity index is 1.52. The average molecular weight is 311 g/mol. The van der Waals surface area contributed by atoms with E-state index in [0.717, 1.165) is 11.3 Å². The third-order valence-corrected chi connectivity index (χ3v) is 3.19. The summed E-state index contributed by atoms with van der Waals surface area (Å²) in [5.74, 6) is 0.526.